The minimum Gasteiger partial charge on any atom is -0.494 e. The third-order valence-corrected chi connectivity index (χ3v) is 4.40. The van der Waals surface area contributed by atoms with Gasteiger partial charge in [0, 0.05) is 17.5 Å². The molecular weight excluding hydrogens is 352 g/mol. The van der Waals surface area contributed by atoms with Gasteiger partial charge in [-0.25, -0.2) is 0 Å². The smallest absolute Gasteiger partial charge is 0.275 e. The van der Waals surface area contributed by atoms with Gasteiger partial charge in [-0.15, -0.1) is 0 Å². The average molecular weight is 376 g/mol. The Kier molecular flexibility index (Phi) is 6.37. The SMILES string of the molecule is CCCCOc1ccc(C(=O)Cc2cc(C)nn(-c3ccccc3)c2=O)cc1. The maximum atomic E-state index is 12.8. The van der Waals surface area contributed by atoms with Crippen molar-refractivity contribution in [2.75, 3.05) is 6.61 Å². The summed E-state index contributed by atoms with van der Waals surface area (Å²) in [5.41, 5.74) is 2.08. The van der Waals surface area contributed by atoms with Gasteiger partial charge in [0.2, 0.25) is 0 Å². The second-order valence-electron chi connectivity index (χ2n) is 6.69. The lowest BCUT2D eigenvalue weighted by Gasteiger charge is -2.09. The van der Waals surface area contributed by atoms with Crippen LogP contribution in [0.25, 0.3) is 5.69 Å². The van der Waals surface area contributed by atoms with Gasteiger partial charge in [0.15, 0.2) is 5.78 Å². The minimum absolute atomic E-state index is 0.0328. The van der Waals surface area contributed by atoms with Crippen LogP contribution in [-0.4, -0.2) is 22.2 Å². The van der Waals surface area contributed by atoms with Crippen LogP contribution in [0.2, 0.25) is 0 Å². The molecule has 3 aromatic rings. The predicted molar refractivity (Wildman–Crippen MR) is 109 cm³/mol. The van der Waals surface area contributed by atoms with Crippen molar-refractivity contribution in [3.63, 3.8) is 0 Å². The number of unbranched alkanes of at least 4 members (excludes halogenated alkanes) is 1. The molecule has 0 saturated carbocycles. The first-order valence-electron chi connectivity index (χ1n) is 9.50. The minimum atomic E-state index is -0.273. The van der Waals surface area contributed by atoms with Gasteiger partial charge < -0.3 is 4.74 Å². The van der Waals surface area contributed by atoms with Gasteiger partial charge in [-0.3, -0.25) is 9.59 Å². The van der Waals surface area contributed by atoms with Crippen molar-refractivity contribution in [2.24, 2.45) is 0 Å². The fourth-order valence-corrected chi connectivity index (χ4v) is 2.90. The van der Waals surface area contributed by atoms with Crippen molar-refractivity contribution in [3.8, 4) is 11.4 Å². The van der Waals surface area contributed by atoms with Gasteiger partial charge in [-0.1, -0.05) is 31.5 Å². The highest BCUT2D eigenvalue weighted by Crippen LogP contribution is 2.15. The zero-order chi connectivity index (χ0) is 19.9. The largest absolute Gasteiger partial charge is 0.494 e. The van der Waals surface area contributed by atoms with Gasteiger partial charge in [0.25, 0.3) is 5.56 Å². The summed E-state index contributed by atoms with van der Waals surface area (Å²) in [5, 5.41) is 4.31. The summed E-state index contributed by atoms with van der Waals surface area (Å²) in [6.07, 6.45) is 2.10. The molecule has 1 aromatic heterocycles. The molecule has 0 amide bonds. The van der Waals surface area contributed by atoms with Crippen LogP contribution in [0.3, 0.4) is 0 Å². The maximum absolute atomic E-state index is 12.8. The van der Waals surface area contributed by atoms with E-state index < -0.39 is 0 Å². The summed E-state index contributed by atoms with van der Waals surface area (Å²) in [7, 11) is 0. The number of hydrogen-bond donors (Lipinski definition) is 0. The highest BCUT2D eigenvalue weighted by molar-refractivity contribution is 5.97. The highest BCUT2D eigenvalue weighted by atomic mass is 16.5. The molecule has 0 aliphatic rings. The van der Waals surface area contributed by atoms with Crippen molar-refractivity contribution in [1.82, 2.24) is 9.78 Å². The summed E-state index contributed by atoms with van der Waals surface area (Å²) < 4.78 is 6.98. The zero-order valence-electron chi connectivity index (χ0n) is 16.2. The Bertz CT molecular complexity index is 993. The van der Waals surface area contributed by atoms with E-state index in [4.69, 9.17) is 4.74 Å². The Morgan fingerprint density at radius 2 is 1.79 bits per heavy atom. The highest BCUT2D eigenvalue weighted by Gasteiger charge is 2.14. The summed E-state index contributed by atoms with van der Waals surface area (Å²) in [6.45, 7) is 4.59. The van der Waals surface area contributed by atoms with Gasteiger partial charge in [0.05, 0.1) is 18.0 Å². The molecule has 3 rings (SSSR count). The van der Waals surface area contributed by atoms with Gasteiger partial charge in [-0.05, 0) is 55.8 Å². The molecule has 0 fully saturated rings. The average Bonchev–Trinajstić information content (AvgIpc) is 2.71. The molecular formula is C23H24N2O3. The lowest BCUT2D eigenvalue weighted by Crippen LogP contribution is -2.27. The van der Waals surface area contributed by atoms with Crippen LogP contribution >= 0.6 is 0 Å². The van der Waals surface area contributed by atoms with E-state index in [1.54, 1.807) is 30.3 Å². The van der Waals surface area contributed by atoms with E-state index in [1.807, 2.05) is 37.3 Å². The first-order valence-corrected chi connectivity index (χ1v) is 9.50. The van der Waals surface area contributed by atoms with Crippen LogP contribution in [0, 0.1) is 6.92 Å². The normalized spacial score (nSPS) is 10.6. The number of hydrogen-bond acceptors (Lipinski definition) is 4. The molecule has 0 atom stereocenters. The number of ketones is 1. The summed E-state index contributed by atoms with van der Waals surface area (Å²) in [5.74, 6) is 0.638. The van der Waals surface area contributed by atoms with E-state index in [0.29, 0.717) is 29.1 Å². The molecule has 5 heteroatoms. The quantitative estimate of drug-likeness (QED) is 0.438. The van der Waals surface area contributed by atoms with Crippen molar-refractivity contribution in [3.05, 3.63) is 87.8 Å². The summed E-state index contributed by atoms with van der Waals surface area (Å²) >= 11 is 0. The van der Waals surface area contributed by atoms with Crippen LogP contribution in [0.1, 0.15) is 41.4 Å². The summed E-state index contributed by atoms with van der Waals surface area (Å²) in [6, 6.07) is 18.0. The lowest BCUT2D eigenvalue weighted by molar-refractivity contribution is 0.0992. The number of Topliss-reactive ketones (excluding diaryl/α,β-unsaturated/α-hetero) is 1. The van der Waals surface area contributed by atoms with Crippen molar-refractivity contribution < 1.29 is 9.53 Å². The number of ether oxygens (including phenoxy) is 1. The Balaban J connectivity index is 1.79. The van der Waals surface area contributed by atoms with E-state index >= 15 is 0 Å². The molecule has 0 N–H and O–H groups in total. The number of para-hydroxylation sites is 1. The Labute approximate surface area is 164 Å². The maximum Gasteiger partial charge on any atom is 0.275 e. The second kappa shape index (κ2) is 9.13. The number of aryl methyl sites for hydroxylation is 1. The zero-order valence-corrected chi connectivity index (χ0v) is 16.2. The van der Waals surface area contributed by atoms with Crippen molar-refractivity contribution >= 4 is 5.78 Å². The van der Waals surface area contributed by atoms with E-state index in [9.17, 15) is 9.59 Å². The molecule has 0 aliphatic heterocycles. The molecule has 0 saturated heterocycles. The van der Waals surface area contributed by atoms with Gasteiger partial charge in [-0.2, -0.15) is 9.78 Å². The number of aromatic nitrogens is 2. The first-order chi connectivity index (χ1) is 13.6. The number of nitrogens with zero attached hydrogens (tertiary/aromatic N) is 2. The third kappa shape index (κ3) is 4.74. The molecule has 5 nitrogen and oxygen atoms in total. The van der Waals surface area contributed by atoms with E-state index in [0.717, 1.165) is 18.6 Å². The van der Waals surface area contributed by atoms with Crippen LogP contribution in [0.15, 0.2) is 65.5 Å². The van der Waals surface area contributed by atoms with E-state index in [1.165, 1.54) is 4.68 Å². The number of carbonyl (C=O) groups excluding carboxylic acids is 1. The Morgan fingerprint density at radius 3 is 2.46 bits per heavy atom. The van der Waals surface area contributed by atoms with Crippen molar-refractivity contribution in [1.29, 1.82) is 0 Å². The molecule has 2 aromatic carbocycles. The van der Waals surface area contributed by atoms with Crippen molar-refractivity contribution in [2.45, 2.75) is 33.1 Å². The van der Waals surface area contributed by atoms with Crippen LogP contribution in [0.5, 0.6) is 5.75 Å². The van der Waals surface area contributed by atoms with Gasteiger partial charge in [0.1, 0.15) is 5.75 Å². The number of rotatable bonds is 8. The van der Waals surface area contributed by atoms with Crippen LogP contribution in [-0.2, 0) is 6.42 Å². The third-order valence-electron chi connectivity index (χ3n) is 4.40. The second-order valence-corrected chi connectivity index (χ2v) is 6.69. The lowest BCUT2D eigenvalue weighted by atomic mass is 10.0. The van der Waals surface area contributed by atoms with Gasteiger partial charge >= 0.3 is 0 Å². The molecule has 0 aliphatic carbocycles. The number of carbonyl (C=O) groups is 1. The molecule has 0 unspecified atom stereocenters. The van der Waals surface area contributed by atoms with Crippen LogP contribution in [0.4, 0.5) is 0 Å². The fraction of sp³-hybridized carbons (Fsp3) is 0.261. The molecule has 0 radical (unpaired) electrons. The van der Waals surface area contributed by atoms with Crippen LogP contribution < -0.4 is 10.3 Å². The monoisotopic (exact) mass is 376 g/mol. The topological polar surface area (TPSA) is 61.2 Å². The fourth-order valence-electron chi connectivity index (χ4n) is 2.90. The molecule has 1 heterocycles. The van der Waals surface area contributed by atoms with E-state index in [-0.39, 0.29) is 17.8 Å². The Hall–Kier alpha value is -3.21. The standard InChI is InChI=1S/C23H24N2O3/c1-3-4-14-28-21-12-10-18(11-13-21)22(26)16-19-15-17(2)24-25(23(19)27)20-8-6-5-7-9-20/h5-13,15H,3-4,14,16H2,1-2H3. The predicted octanol–water partition coefficient (Wildman–Crippen LogP) is 4.15. The number of benzene rings is 2. The molecule has 144 valence electrons. The molecule has 28 heavy (non-hydrogen) atoms. The van der Waals surface area contributed by atoms with E-state index in [2.05, 4.69) is 12.0 Å². The molecule has 0 spiro atoms. The molecule has 0 bridgehead atoms. The summed E-state index contributed by atoms with van der Waals surface area (Å²) in [4.78, 5) is 25.5. The Morgan fingerprint density at radius 1 is 1.07 bits per heavy atom. The first kappa shape index (κ1) is 19.5.